The number of methoxy groups -OCH3 is 1. The predicted molar refractivity (Wildman–Crippen MR) is 83.4 cm³/mol. The van der Waals surface area contributed by atoms with Crippen LogP contribution in [0.5, 0.6) is 5.88 Å². The van der Waals surface area contributed by atoms with Crippen molar-refractivity contribution < 1.29 is 4.74 Å². The zero-order chi connectivity index (χ0) is 14.4. The van der Waals surface area contributed by atoms with Crippen LogP contribution in [-0.2, 0) is 6.42 Å². The second-order valence-corrected chi connectivity index (χ2v) is 5.16. The number of pyridine rings is 1. The normalized spacial score (nSPS) is 11.9. The fourth-order valence-electron chi connectivity index (χ4n) is 2.19. The lowest BCUT2D eigenvalue weighted by Crippen LogP contribution is -2.16. The van der Waals surface area contributed by atoms with E-state index in [1.54, 1.807) is 7.11 Å². The molecule has 0 radical (unpaired) electrons. The van der Waals surface area contributed by atoms with Crippen LogP contribution in [0.4, 0.5) is 5.69 Å². The number of hydrogen-bond acceptors (Lipinski definition) is 3. The highest BCUT2D eigenvalue weighted by Gasteiger charge is 2.04. The number of rotatable bonds is 6. The molecular formula is C17H22N2O. The van der Waals surface area contributed by atoms with Gasteiger partial charge in [0.25, 0.3) is 0 Å². The van der Waals surface area contributed by atoms with E-state index >= 15 is 0 Å². The van der Waals surface area contributed by atoms with E-state index in [9.17, 15) is 0 Å². The first kappa shape index (κ1) is 14.4. The first-order valence-electron chi connectivity index (χ1n) is 6.99. The third-order valence-electron chi connectivity index (χ3n) is 3.31. The summed E-state index contributed by atoms with van der Waals surface area (Å²) in [6.45, 7) is 4.33. The standard InChI is InChI=1S/C17H22N2O/c1-13-5-4-6-15(11-13)8-7-14(2)19-16-9-10-17(20-3)18-12-16/h4-6,9-12,14,19H,7-8H2,1-3H3. The van der Waals surface area contributed by atoms with Gasteiger partial charge in [0.05, 0.1) is 19.0 Å². The molecule has 0 aliphatic carbocycles. The van der Waals surface area contributed by atoms with Gasteiger partial charge in [-0.1, -0.05) is 29.8 Å². The minimum atomic E-state index is 0.408. The van der Waals surface area contributed by atoms with E-state index in [0.29, 0.717) is 11.9 Å². The van der Waals surface area contributed by atoms with E-state index in [-0.39, 0.29) is 0 Å². The maximum Gasteiger partial charge on any atom is 0.213 e. The Labute approximate surface area is 121 Å². The van der Waals surface area contributed by atoms with Crippen LogP contribution in [0, 0.1) is 6.92 Å². The highest BCUT2D eigenvalue weighted by molar-refractivity contribution is 5.42. The summed E-state index contributed by atoms with van der Waals surface area (Å²) < 4.78 is 5.05. The summed E-state index contributed by atoms with van der Waals surface area (Å²) >= 11 is 0. The summed E-state index contributed by atoms with van der Waals surface area (Å²) in [5.41, 5.74) is 3.75. The van der Waals surface area contributed by atoms with Crippen LogP contribution in [0.1, 0.15) is 24.5 Å². The van der Waals surface area contributed by atoms with E-state index in [1.165, 1.54) is 11.1 Å². The van der Waals surface area contributed by atoms with Crippen LogP contribution >= 0.6 is 0 Å². The molecule has 1 unspecified atom stereocenters. The van der Waals surface area contributed by atoms with Crippen molar-refractivity contribution in [2.24, 2.45) is 0 Å². The van der Waals surface area contributed by atoms with Gasteiger partial charge < -0.3 is 10.1 Å². The lowest BCUT2D eigenvalue weighted by Gasteiger charge is -2.15. The summed E-state index contributed by atoms with van der Waals surface area (Å²) in [7, 11) is 1.62. The summed E-state index contributed by atoms with van der Waals surface area (Å²) in [6, 6.07) is 13.0. The number of aromatic nitrogens is 1. The number of benzene rings is 1. The summed E-state index contributed by atoms with van der Waals surface area (Å²) in [6.07, 6.45) is 3.98. The minimum absolute atomic E-state index is 0.408. The molecule has 0 saturated heterocycles. The molecule has 106 valence electrons. The highest BCUT2D eigenvalue weighted by atomic mass is 16.5. The molecule has 0 saturated carbocycles. The first-order valence-corrected chi connectivity index (χ1v) is 6.99. The quantitative estimate of drug-likeness (QED) is 0.866. The second-order valence-electron chi connectivity index (χ2n) is 5.16. The van der Waals surface area contributed by atoms with Gasteiger partial charge in [-0.15, -0.1) is 0 Å². The Balaban J connectivity index is 1.84. The molecule has 1 aromatic carbocycles. The van der Waals surface area contributed by atoms with Crippen LogP contribution in [0.3, 0.4) is 0 Å². The van der Waals surface area contributed by atoms with Crippen LogP contribution in [-0.4, -0.2) is 18.1 Å². The average molecular weight is 270 g/mol. The molecule has 1 heterocycles. The molecule has 2 aromatic rings. The van der Waals surface area contributed by atoms with Crippen molar-refractivity contribution in [2.75, 3.05) is 12.4 Å². The van der Waals surface area contributed by atoms with Gasteiger partial charge >= 0.3 is 0 Å². The molecule has 0 amide bonds. The molecule has 0 spiro atoms. The van der Waals surface area contributed by atoms with Crippen molar-refractivity contribution in [2.45, 2.75) is 32.7 Å². The van der Waals surface area contributed by atoms with Crippen molar-refractivity contribution in [1.82, 2.24) is 4.98 Å². The van der Waals surface area contributed by atoms with Crippen molar-refractivity contribution >= 4 is 5.69 Å². The molecule has 1 aromatic heterocycles. The molecule has 1 N–H and O–H groups in total. The van der Waals surface area contributed by atoms with Crippen molar-refractivity contribution in [3.05, 3.63) is 53.7 Å². The maximum absolute atomic E-state index is 5.05. The monoisotopic (exact) mass is 270 g/mol. The fraction of sp³-hybridized carbons (Fsp3) is 0.353. The third-order valence-corrected chi connectivity index (χ3v) is 3.31. The largest absolute Gasteiger partial charge is 0.481 e. The molecule has 1 atom stereocenters. The molecule has 20 heavy (non-hydrogen) atoms. The van der Waals surface area contributed by atoms with E-state index in [4.69, 9.17) is 4.74 Å². The molecule has 0 fully saturated rings. The van der Waals surface area contributed by atoms with Gasteiger partial charge in [-0.25, -0.2) is 4.98 Å². The van der Waals surface area contributed by atoms with Crippen molar-refractivity contribution in [3.8, 4) is 5.88 Å². The Morgan fingerprint density at radius 2 is 2.10 bits per heavy atom. The Morgan fingerprint density at radius 1 is 1.25 bits per heavy atom. The topological polar surface area (TPSA) is 34.1 Å². The molecule has 3 heteroatoms. The van der Waals surface area contributed by atoms with Gasteiger partial charge in [0, 0.05) is 12.1 Å². The zero-order valence-corrected chi connectivity index (χ0v) is 12.4. The van der Waals surface area contributed by atoms with Gasteiger partial charge in [0.15, 0.2) is 0 Å². The van der Waals surface area contributed by atoms with Crippen LogP contribution in [0.15, 0.2) is 42.6 Å². The van der Waals surface area contributed by atoms with Crippen LogP contribution < -0.4 is 10.1 Å². The number of nitrogens with one attached hydrogen (secondary N) is 1. The zero-order valence-electron chi connectivity index (χ0n) is 12.4. The number of nitrogens with zero attached hydrogens (tertiary/aromatic N) is 1. The summed E-state index contributed by atoms with van der Waals surface area (Å²) in [5, 5.41) is 3.46. The van der Waals surface area contributed by atoms with Gasteiger partial charge in [-0.3, -0.25) is 0 Å². The number of ether oxygens (including phenoxy) is 1. The lowest BCUT2D eigenvalue weighted by atomic mass is 10.0. The molecule has 3 nitrogen and oxygen atoms in total. The van der Waals surface area contributed by atoms with E-state index in [0.717, 1.165) is 18.5 Å². The number of hydrogen-bond donors (Lipinski definition) is 1. The Kier molecular flexibility index (Phi) is 4.99. The predicted octanol–water partition coefficient (Wildman–Crippen LogP) is 3.83. The molecule has 0 aliphatic heterocycles. The Hall–Kier alpha value is -2.03. The van der Waals surface area contributed by atoms with Crippen LogP contribution in [0.25, 0.3) is 0 Å². The smallest absolute Gasteiger partial charge is 0.213 e. The lowest BCUT2D eigenvalue weighted by molar-refractivity contribution is 0.398. The van der Waals surface area contributed by atoms with Crippen LogP contribution in [0.2, 0.25) is 0 Å². The summed E-state index contributed by atoms with van der Waals surface area (Å²) in [5.74, 6) is 0.642. The number of anilines is 1. The van der Waals surface area contributed by atoms with Gasteiger partial charge in [0.1, 0.15) is 0 Å². The average Bonchev–Trinajstić information content (AvgIpc) is 2.46. The van der Waals surface area contributed by atoms with E-state index in [1.807, 2.05) is 18.3 Å². The molecular weight excluding hydrogens is 248 g/mol. The maximum atomic E-state index is 5.05. The molecule has 2 rings (SSSR count). The van der Waals surface area contributed by atoms with Gasteiger partial charge in [-0.2, -0.15) is 0 Å². The Morgan fingerprint density at radius 3 is 2.75 bits per heavy atom. The summed E-state index contributed by atoms with van der Waals surface area (Å²) in [4.78, 5) is 4.20. The van der Waals surface area contributed by atoms with Gasteiger partial charge in [-0.05, 0) is 38.3 Å². The van der Waals surface area contributed by atoms with Gasteiger partial charge in [0.2, 0.25) is 5.88 Å². The van der Waals surface area contributed by atoms with E-state index < -0.39 is 0 Å². The molecule has 0 bridgehead atoms. The Bertz CT molecular complexity index is 537. The minimum Gasteiger partial charge on any atom is -0.481 e. The SMILES string of the molecule is COc1ccc(NC(C)CCc2cccc(C)c2)cn1. The van der Waals surface area contributed by atoms with Crippen molar-refractivity contribution in [1.29, 1.82) is 0 Å². The third kappa shape index (κ3) is 4.26. The van der Waals surface area contributed by atoms with E-state index in [2.05, 4.69) is 48.4 Å². The first-order chi connectivity index (χ1) is 9.67. The molecule has 0 aliphatic rings. The fourth-order valence-corrected chi connectivity index (χ4v) is 2.19. The highest BCUT2D eigenvalue weighted by Crippen LogP contribution is 2.14. The van der Waals surface area contributed by atoms with Crippen molar-refractivity contribution in [3.63, 3.8) is 0 Å². The second kappa shape index (κ2) is 6.94. The number of aryl methyl sites for hydroxylation is 2.